The van der Waals surface area contributed by atoms with Crippen LogP contribution in [0.15, 0.2) is 66.7 Å². The van der Waals surface area contributed by atoms with Gasteiger partial charge in [0, 0.05) is 49.4 Å². The minimum atomic E-state index is -0.382. The van der Waals surface area contributed by atoms with E-state index < -0.39 is 0 Å². The van der Waals surface area contributed by atoms with E-state index in [9.17, 15) is 14.0 Å². The summed E-state index contributed by atoms with van der Waals surface area (Å²) in [6.07, 6.45) is 0.883. The molecule has 1 aliphatic rings. The lowest BCUT2D eigenvalue weighted by atomic mass is 10.1. The highest BCUT2D eigenvalue weighted by molar-refractivity contribution is 6.04. The highest BCUT2D eigenvalue weighted by Crippen LogP contribution is 2.26. The first-order valence-electron chi connectivity index (χ1n) is 12.1. The molecule has 4 aromatic rings. The average molecular weight is 499 g/mol. The first-order valence-corrected chi connectivity index (χ1v) is 12.1. The number of aromatic nitrogens is 2. The van der Waals surface area contributed by atoms with Crippen LogP contribution in [0.25, 0.3) is 10.9 Å². The molecule has 1 aliphatic heterocycles. The standard InChI is InChI=1S/C28H27FN6O2/c1-19-2-11-24-25(16-19)32-28(35-14-12-34(18-36)13-15-35)33-26(24)30-17-20-3-9-23(10-4-20)31-27(37)21-5-7-22(29)8-6-21/h2-11,16,18H,12-15,17H2,1H3,(H,31,37)(H,30,32,33). The fraction of sp³-hybridized carbons (Fsp3) is 0.214. The van der Waals surface area contributed by atoms with Crippen LogP contribution >= 0.6 is 0 Å². The maximum atomic E-state index is 13.1. The number of aryl methyl sites for hydroxylation is 1. The normalized spacial score (nSPS) is 13.5. The Bertz CT molecular complexity index is 1420. The van der Waals surface area contributed by atoms with Gasteiger partial charge in [0.15, 0.2) is 0 Å². The number of benzene rings is 3. The molecule has 5 rings (SSSR count). The summed E-state index contributed by atoms with van der Waals surface area (Å²) in [4.78, 5) is 36.9. The molecule has 37 heavy (non-hydrogen) atoms. The predicted molar refractivity (Wildman–Crippen MR) is 142 cm³/mol. The minimum absolute atomic E-state index is 0.296. The Hall–Kier alpha value is -4.53. The summed E-state index contributed by atoms with van der Waals surface area (Å²) in [5.41, 5.74) is 4.04. The second kappa shape index (κ2) is 10.6. The minimum Gasteiger partial charge on any atom is -0.365 e. The number of halogens is 1. The van der Waals surface area contributed by atoms with Crippen molar-refractivity contribution in [2.75, 3.05) is 41.7 Å². The molecular formula is C28H27FN6O2. The van der Waals surface area contributed by atoms with Crippen molar-refractivity contribution < 1.29 is 14.0 Å². The first-order chi connectivity index (χ1) is 18.0. The molecule has 1 fully saturated rings. The van der Waals surface area contributed by atoms with E-state index >= 15 is 0 Å². The van der Waals surface area contributed by atoms with Crippen LogP contribution in [0.4, 0.5) is 21.8 Å². The van der Waals surface area contributed by atoms with Gasteiger partial charge in [-0.1, -0.05) is 18.2 Å². The molecule has 2 amide bonds. The molecule has 0 radical (unpaired) electrons. The molecule has 188 valence electrons. The fourth-order valence-corrected chi connectivity index (χ4v) is 4.23. The average Bonchev–Trinajstić information content (AvgIpc) is 2.92. The van der Waals surface area contributed by atoms with E-state index in [0.29, 0.717) is 49.9 Å². The Kier molecular flexibility index (Phi) is 6.93. The number of hydrogen-bond acceptors (Lipinski definition) is 6. The van der Waals surface area contributed by atoms with Gasteiger partial charge in [0.1, 0.15) is 11.6 Å². The smallest absolute Gasteiger partial charge is 0.255 e. The van der Waals surface area contributed by atoms with Crippen molar-refractivity contribution in [3.05, 3.63) is 89.2 Å². The third-order valence-corrected chi connectivity index (χ3v) is 6.36. The van der Waals surface area contributed by atoms with Crippen molar-refractivity contribution in [1.29, 1.82) is 0 Å². The Morgan fingerprint density at radius 1 is 0.973 bits per heavy atom. The van der Waals surface area contributed by atoms with Crippen molar-refractivity contribution in [2.45, 2.75) is 13.5 Å². The molecule has 1 aromatic heterocycles. The number of hydrogen-bond donors (Lipinski definition) is 2. The third kappa shape index (κ3) is 5.66. The lowest BCUT2D eigenvalue weighted by Crippen LogP contribution is -2.46. The second-order valence-electron chi connectivity index (χ2n) is 9.03. The summed E-state index contributed by atoms with van der Waals surface area (Å²) in [6.45, 7) is 5.22. The van der Waals surface area contributed by atoms with Crippen molar-refractivity contribution in [3.63, 3.8) is 0 Å². The molecule has 0 spiro atoms. The van der Waals surface area contributed by atoms with Crippen LogP contribution in [0.1, 0.15) is 21.5 Å². The van der Waals surface area contributed by atoms with Gasteiger partial charge in [-0.15, -0.1) is 0 Å². The predicted octanol–water partition coefficient (Wildman–Crippen LogP) is 4.22. The topological polar surface area (TPSA) is 90.5 Å². The molecular weight excluding hydrogens is 471 g/mol. The number of fused-ring (bicyclic) bond motifs is 1. The van der Waals surface area contributed by atoms with Crippen molar-refractivity contribution >= 4 is 40.7 Å². The number of piperazine rings is 1. The Balaban J connectivity index is 1.30. The summed E-state index contributed by atoms with van der Waals surface area (Å²) in [7, 11) is 0. The van der Waals surface area contributed by atoms with Crippen LogP contribution in [0.5, 0.6) is 0 Å². The molecule has 3 aromatic carbocycles. The van der Waals surface area contributed by atoms with Gasteiger partial charge in [-0.25, -0.2) is 9.37 Å². The fourth-order valence-electron chi connectivity index (χ4n) is 4.23. The molecule has 0 bridgehead atoms. The van der Waals surface area contributed by atoms with Crippen LogP contribution in [0.2, 0.25) is 0 Å². The van der Waals surface area contributed by atoms with Crippen molar-refractivity contribution in [3.8, 4) is 0 Å². The quantitative estimate of drug-likeness (QED) is 0.371. The van der Waals surface area contributed by atoms with E-state index in [1.165, 1.54) is 24.3 Å². The Morgan fingerprint density at radius 2 is 1.70 bits per heavy atom. The van der Waals surface area contributed by atoms with E-state index in [4.69, 9.17) is 9.97 Å². The van der Waals surface area contributed by atoms with Gasteiger partial charge in [0.25, 0.3) is 5.91 Å². The van der Waals surface area contributed by atoms with Crippen LogP contribution in [-0.4, -0.2) is 53.4 Å². The van der Waals surface area contributed by atoms with E-state index in [1.54, 1.807) is 4.90 Å². The maximum Gasteiger partial charge on any atom is 0.255 e. The second-order valence-corrected chi connectivity index (χ2v) is 9.03. The molecule has 0 saturated carbocycles. The molecule has 0 unspecified atom stereocenters. The molecule has 0 atom stereocenters. The lowest BCUT2D eigenvalue weighted by Gasteiger charge is -2.32. The first kappa shape index (κ1) is 24.2. The zero-order valence-corrected chi connectivity index (χ0v) is 20.4. The lowest BCUT2D eigenvalue weighted by molar-refractivity contribution is -0.118. The Morgan fingerprint density at radius 3 is 2.41 bits per heavy atom. The number of nitrogens with one attached hydrogen (secondary N) is 2. The van der Waals surface area contributed by atoms with Gasteiger partial charge in [-0.2, -0.15) is 4.98 Å². The van der Waals surface area contributed by atoms with E-state index in [0.717, 1.165) is 34.3 Å². The number of anilines is 3. The van der Waals surface area contributed by atoms with Crippen molar-refractivity contribution in [2.24, 2.45) is 0 Å². The number of carbonyl (C=O) groups excluding carboxylic acids is 2. The van der Waals surface area contributed by atoms with Gasteiger partial charge < -0.3 is 20.4 Å². The maximum absolute atomic E-state index is 13.1. The van der Waals surface area contributed by atoms with E-state index in [2.05, 4.69) is 15.5 Å². The van der Waals surface area contributed by atoms with Crippen molar-refractivity contribution in [1.82, 2.24) is 14.9 Å². The van der Waals surface area contributed by atoms with Gasteiger partial charge in [-0.3, -0.25) is 9.59 Å². The molecule has 1 saturated heterocycles. The summed E-state index contributed by atoms with van der Waals surface area (Å²) in [5, 5.41) is 7.21. The molecule has 0 aliphatic carbocycles. The largest absolute Gasteiger partial charge is 0.365 e. The zero-order chi connectivity index (χ0) is 25.8. The van der Waals surface area contributed by atoms with Gasteiger partial charge in [-0.05, 0) is 66.6 Å². The molecule has 8 nitrogen and oxygen atoms in total. The van der Waals surface area contributed by atoms with Gasteiger partial charge in [0.2, 0.25) is 12.4 Å². The molecule has 2 heterocycles. The van der Waals surface area contributed by atoms with Gasteiger partial charge >= 0.3 is 0 Å². The number of carbonyl (C=O) groups is 2. The highest BCUT2D eigenvalue weighted by Gasteiger charge is 2.19. The van der Waals surface area contributed by atoms with Crippen LogP contribution in [-0.2, 0) is 11.3 Å². The summed E-state index contributed by atoms with van der Waals surface area (Å²) < 4.78 is 13.1. The van der Waals surface area contributed by atoms with Crippen LogP contribution in [0, 0.1) is 12.7 Å². The Labute approximate surface area is 214 Å². The summed E-state index contributed by atoms with van der Waals surface area (Å²) in [6, 6.07) is 19.1. The number of rotatable bonds is 7. The number of amides is 2. The third-order valence-electron chi connectivity index (χ3n) is 6.36. The zero-order valence-electron chi connectivity index (χ0n) is 20.4. The highest BCUT2D eigenvalue weighted by atomic mass is 19.1. The van der Waals surface area contributed by atoms with E-state index in [-0.39, 0.29) is 11.7 Å². The van der Waals surface area contributed by atoms with Crippen LogP contribution in [0.3, 0.4) is 0 Å². The number of nitrogens with zero attached hydrogens (tertiary/aromatic N) is 4. The molecule has 2 N–H and O–H groups in total. The monoisotopic (exact) mass is 498 g/mol. The summed E-state index contributed by atoms with van der Waals surface area (Å²) >= 11 is 0. The summed E-state index contributed by atoms with van der Waals surface area (Å²) in [5.74, 6) is 0.708. The van der Waals surface area contributed by atoms with Gasteiger partial charge in [0.05, 0.1) is 5.52 Å². The van der Waals surface area contributed by atoms with Crippen LogP contribution < -0.4 is 15.5 Å². The van der Waals surface area contributed by atoms with E-state index in [1.807, 2.05) is 49.4 Å². The SMILES string of the molecule is Cc1ccc2c(NCc3ccc(NC(=O)c4ccc(F)cc4)cc3)nc(N3CCN(C=O)CC3)nc2c1. The molecule has 9 heteroatoms.